The lowest BCUT2D eigenvalue weighted by Crippen LogP contribution is -2.41. The topological polar surface area (TPSA) is 62.6 Å². The highest BCUT2D eigenvalue weighted by Crippen LogP contribution is 2.44. The highest BCUT2D eigenvalue weighted by atomic mass is 19.2. The van der Waals surface area contributed by atoms with E-state index < -0.39 is 17.7 Å². The lowest BCUT2D eigenvalue weighted by molar-refractivity contribution is 0.0689. The van der Waals surface area contributed by atoms with E-state index in [1.807, 2.05) is 12.1 Å². The Bertz CT molecular complexity index is 1200. The van der Waals surface area contributed by atoms with E-state index in [0.717, 1.165) is 11.6 Å². The maximum atomic E-state index is 15.0. The summed E-state index contributed by atoms with van der Waals surface area (Å²) in [5, 5.41) is 9.03. The summed E-state index contributed by atoms with van der Waals surface area (Å²) in [7, 11) is 3.02. The molecule has 32 heavy (non-hydrogen) atoms. The second-order valence-corrected chi connectivity index (χ2v) is 7.39. The fraction of sp³-hybridized carbons (Fsp3) is 0.200. The molecule has 1 amide bonds. The molecule has 162 valence electrons. The van der Waals surface area contributed by atoms with Crippen molar-refractivity contribution in [2.45, 2.75) is 12.5 Å². The van der Waals surface area contributed by atoms with Gasteiger partial charge in [0.15, 0.2) is 11.6 Å². The second kappa shape index (κ2) is 8.67. The van der Waals surface area contributed by atoms with Gasteiger partial charge in [0.05, 0.1) is 31.9 Å². The first-order valence-corrected chi connectivity index (χ1v) is 9.98. The Morgan fingerprint density at radius 1 is 1.09 bits per heavy atom. The summed E-state index contributed by atoms with van der Waals surface area (Å²) >= 11 is 0. The summed E-state index contributed by atoms with van der Waals surface area (Å²) in [6.45, 7) is 0.281. The molecule has 5 nitrogen and oxygen atoms in total. The number of carbonyl (C=O) groups excluding carboxylic acids is 1. The number of methoxy groups -OCH3 is 2. The molecule has 1 atom stereocenters. The lowest BCUT2D eigenvalue weighted by Gasteiger charge is -2.39. The van der Waals surface area contributed by atoms with Crippen LogP contribution in [0.2, 0.25) is 0 Å². The zero-order chi connectivity index (χ0) is 22.8. The number of fused-ring (bicyclic) bond motifs is 1. The maximum absolute atomic E-state index is 15.0. The summed E-state index contributed by atoms with van der Waals surface area (Å²) in [6, 6.07) is 14.7. The number of nitriles is 1. The predicted octanol–water partition coefficient (Wildman–Crippen LogP) is 4.64. The van der Waals surface area contributed by atoms with E-state index in [2.05, 4.69) is 0 Å². The summed E-state index contributed by atoms with van der Waals surface area (Å²) < 4.78 is 40.1. The number of amides is 1. The van der Waals surface area contributed by atoms with Crippen molar-refractivity contribution in [1.82, 2.24) is 4.90 Å². The van der Waals surface area contributed by atoms with Gasteiger partial charge in [0.1, 0.15) is 11.5 Å². The minimum Gasteiger partial charge on any atom is -0.497 e. The molecule has 0 aliphatic carbocycles. The normalized spacial score (nSPS) is 15.0. The number of rotatable bonds is 4. The zero-order valence-electron chi connectivity index (χ0n) is 17.6. The molecule has 1 aliphatic rings. The molecule has 0 saturated heterocycles. The van der Waals surface area contributed by atoms with Gasteiger partial charge in [-0.3, -0.25) is 4.79 Å². The minimum atomic E-state index is -1.01. The first-order chi connectivity index (χ1) is 15.5. The Morgan fingerprint density at radius 3 is 2.50 bits per heavy atom. The van der Waals surface area contributed by atoms with Gasteiger partial charge in [-0.15, -0.1) is 0 Å². The maximum Gasteiger partial charge on any atom is 0.254 e. The molecule has 4 rings (SSSR count). The number of benzene rings is 3. The van der Waals surface area contributed by atoms with Crippen LogP contribution in [0.5, 0.6) is 11.5 Å². The van der Waals surface area contributed by atoms with E-state index in [1.165, 1.54) is 31.3 Å². The van der Waals surface area contributed by atoms with E-state index in [-0.39, 0.29) is 18.0 Å². The van der Waals surface area contributed by atoms with Gasteiger partial charge in [-0.05, 0) is 48.4 Å². The number of hydrogen-bond acceptors (Lipinski definition) is 4. The molecule has 3 aromatic rings. The summed E-state index contributed by atoms with van der Waals surface area (Å²) in [6.07, 6.45) is 0.484. The number of hydrogen-bond donors (Lipinski definition) is 0. The lowest BCUT2D eigenvalue weighted by atomic mass is 9.86. The monoisotopic (exact) mass is 434 g/mol. The zero-order valence-corrected chi connectivity index (χ0v) is 17.6. The Morgan fingerprint density at radius 2 is 1.84 bits per heavy atom. The van der Waals surface area contributed by atoms with E-state index in [9.17, 15) is 13.6 Å². The summed E-state index contributed by atoms with van der Waals surface area (Å²) in [4.78, 5) is 15.0. The molecule has 1 aliphatic heterocycles. The minimum absolute atomic E-state index is 0.0383. The number of nitrogens with zero attached hydrogens (tertiary/aromatic N) is 2. The molecule has 1 unspecified atom stereocenters. The Balaban J connectivity index is 1.90. The van der Waals surface area contributed by atoms with Crippen molar-refractivity contribution in [2.24, 2.45) is 0 Å². The molecule has 0 fully saturated rings. The predicted molar refractivity (Wildman–Crippen MR) is 114 cm³/mol. The first-order valence-electron chi connectivity index (χ1n) is 9.98. The molecule has 0 bridgehead atoms. The standard InChI is InChI=1S/C25H20F2N2O3/c1-31-18-12-17-10-11-29(25(30)16-8-6-15(14-28)7-9-16)24(22(17)21(13-18)32-2)19-4-3-5-20(26)23(19)27/h3-9,12-13,24H,10-11H2,1-2H3. The highest BCUT2D eigenvalue weighted by Gasteiger charge is 2.37. The fourth-order valence-electron chi connectivity index (χ4n) is 4.11. The third-order valence-electron chi connectivity index (χ3n) is 5.66. The highest BCUT2D eigenvalue weighted by molar-refractivity contribution is 5.95. The second-order valence-electron chi connectivity index (χ2n) is 7.39. The van der Waals surface area contributed by atoms with Gasteiger partial charge in [-0.2, -0.15) is 5.26 Å². The quantitative estimate of drug-likeness (QED) is 0.600. The molecule has 1 heterocycles. The van der Waals surface area contributed by atoms with Gasteiger partial charge in [0, 0.05) is 29.3 Å². The third-order valence-corrected chi connectivity index (χ3v) is 5.66. The van der Waals surface area contributed by atoms with Gasteiger partial charge in [-0.1, -0.05) is 12.1 Å². The molecule has 0 spiro atoms. The smallest absolute Gasteiger partial charge is 0.254 e. The van der Waals surface area contributed by atoms with Gasteiger partial charge < -0.3 is 14.4 Å². The first kappa shape index (κ1) is 21.3. The average molecular weight is 434 g/mol. The van der Waals surface area contributed by atoms with Crippen LogP contribution in [-0.4, -0.2) is 31.6 Å². The average Bonchev–Trinajstić information content (AvgIpc) is 2.84. The molecular formula is C25H20F2N2O3. The van der Waals surface area contributed by atoms with Gasteiger partial charge in [-0.25, -0.2) is 8.78 Å². The van der Waals surface area contributed by atoms with Crippen LogP contribution in [0.4, 0.5) is 8.78 Å². The van der Waals surface area contributed by atoms with Crippen LogP contribution in [0, 0.1) is 23.0 Å². The van der Waals surface area contributed by atoms with E-state index in [4.69, 9.17) is 14.7 Å². The van der Waals surface area contributed by atoms with Crippen LogP contribution in [0.3, 0.4) is 0 Å². The molecule has 7 heteroatoms. The largest absolute Gasteiger partial charge is 0.497 e. The van der Waals surface area contributed by atoms with Crippen LogP contribution in [0.25, 0.3) is 0 Å². The molecule has 0 aromatic heterocycles. The molecule has 0 saturated carbocycles. The Labute approximate surface area is 184 Å². The van der Waals surface area contributed by atoms with Crippen LogP contribution in [0.1, 0.15) is 38.7 Å². The number of carbonyl (C=O) groups is 1. The van der Waals surface area contributed by atoms with Crippen molar-refractivity contribution in [3.63, 3.8) is 0 Å². The number of ether oxygens (including phenoxy) is 2. The van der Waals surface area contributed by atoms with E-state index in [0.29, 0.717) is 34.6 Å². The van der Waals surface area contributed by atoms with Gasteiger partial charge in [0.25, 0.3) is 5.91 Å². The summed E-state index contributed by atoms with van der Waals surface area (Å²) in [5.74, 6) is -1.36. The Kier molecular flexibility index (Phi) is 5.78. The Hall–Kier alpha value is -3.92. The molecule has 3 aromatic carbocycles. The van der Waals surface area contributed by atoms with Gasteiger partial charge >= 0.3 is 0 Å². The molecule has 0 N–H and O–H groups in total. The van der Waals surface area contributed by atoms with E-state index in [1.54, 1.807) is 30.3 Å². The van der Waals surface area contributed by atoms with Crippen LogP contribution in [0.15, 0.2) is 54.6 Å². The van der Waals surface area contributed by atoms with Crippen molar-refractivity contribution in [3.8, 4) is 17.6 Å². The van der Waals surface area contributed by atoms with Crippen molar-refractivity contribution >= 4 is 5.91 Å². The number of halogens is 2. The van der Waals surface area contributed by atoms with Crippen molar-refractivity contribution in [1.29, 1.82) is 5.26 Å². The van der Waals surface area contributed by atoms with E-state index >= 15 is 0 Å². The molecular weight excluding hydrogens is 414 g/mol. The third kappa shape index (κ3) is 3.65. The fourth-order valence-corrected chi connectivity index (χ4v) is 4.11. The van der Waals surface area contributed by atoms with Crippen molar-refractivity contribution in [3.05, 3.63) is 94.0 Å². The molecule has 0 radical (unpaired) electrons. The van der Waals surface area contributed by atoms with Crippen LogP contribution < -0.4 is 9.47 Å². The summed E-state index contributed by atoms with van der Waals surface area (Å²) in [5.41, 5.74) is 2.23. The van der Waals surface area contributed by atoms with Crippen molar-refractivity contribution in [2.75, 3.05) is 20.8 Å². The SMILES string of the molecule is COc1cc2c(c(OC)c1)C(c1cccc(F)c1F)N(C(=O)c1ccc(C#N)cc1)CC2. The van der Waals surface area contributed by atoms with Crippen molar-refractivity contribution < 1.29 is 23.0 Å². The van der Waals surface area contributed by atoms with Crippen LogP contribution >= 0.6 is 0 Å². The van der Waals surface area contributed by atoms with Gasteiger partial charge in [0.2, 0.25) is 0 Å². The van der Waals surface area contributed by atoms with Crippen LogP contribution in [-0.2, 0) is 6.42 Å².